The predicted octanol–water partition coefficient (Wildman–Crippen LogP) is 1.91. The molecule has 1 amide bonds. The Kier molecular flexibility index (Phi) is 4.17. The van der Waals surface area contributed by atoms with Crippen LogP contribution in [0, 0.1) is 0 Å². The van der Waals surface area contributed by atoms with E-state index in [9.17, 15) is 4.79 Å². The summed E-state index contributed by atoms with van der Waals surface area (Å²) in [5.74, 6) is 0.162. The number of carbonyl (C=O) groups is 1. The Morgan fingerprint density at radius 2 is 2.05 bits per heavy atom. The van der Waals surface area contributed by atoms with Gasteiger partial charge in [0.25, 0.3) is 0 Å². The topological polar surface area (TPSA) is 47.4 Å². The van der Waals surface area contributed by atoms with Crippen molar-refractivity contribution >= 4 is 28.7 Å². The van der Waals surface area contributed by atoms with Gasteiger partial charge in [-0.3, -0.25) is 4.79 Å². The minimum Gasteiger partial charge on any atom is -0.378 e. The van der Waals surface area contributed by atoms with Gasteiger partial charge in [-0.2, -0.15) is 0 Å². The van der Waals surface area contributed by atoms with E-state index in [1.54, 1.807) is 0 Å². The molecule has 21 heavy (non-hydrogen) atoms. The first-order chi connectivity index (χ1) is 10.2. The largest absolute Gasteiger partial charge is 0.378 e. The van der Waals surface area contributed by atoms with Crippen molar-refractivity contribution in [2.75, 3.05) is 26.3 Å². The predicted molar refractivity (Wildman–Crippen MR) is 83.4 cm³/mol. The van der Waals surface area contributed by atoms with Crippen molar-refractivity contribution in [1.29, 1.82) is 0 Å². The molecule has 112 valence electrons. The molecule has 3 rings (SSSR count). The van der Waals surface area contributed by atoms with Gasteiger partial charge in [0.15, 0.2) is 5.16 Å². The number of hydrogen-bond acceptors (Lipinski definition) is 4. The average Bonchev–Trinajstić information content (AvgIpc) is 2.84. The van der Waals surface area contributed by atoms with E-state index in [4.69, 9.17) is 4.74 Å². The van der Waals surface area contributed by atoms with Gasteiger partial charge < -0.3 is 14.2 Å². The zero-order chi connectivity index (χ0) is 14.8. The van der Waals surface area contributed by atoms with E-state index in [0.717, 1.165) is 16.2 Å². The molecule has 0 spiro atoms. The number of para-hydroxylation sites is 2. The molecule has 1 aliphatic rings. The maximum atomic E-state index is 12.4. The molecule has 0 radical (unpaired) electrons. The second-order valence-electron chi connectivity index (χ2n) is 5.14. The monoisotopic (exact) mass is 305 g/mol. The number of amides is 1. The van der Waals surface area contributed by atoms with E-state index in [2.05, 4.69) is 4.98 Å². The first kappa shape index (κ1) is 14.4. The van der Waals surface area contributed by atoms with E-state index in [-0.39, 0.29) is 11.2 Å². The number of benzene rings is 1. The zero-order valence-corrected chi connectivity index (χ0v) is 13.1. The first-order valence-corrected chi connectivity index (χ1v) is 7.99. The standard InChI is InChI=1S/C15H19N3O2S/c1-11(14(19)18-7-9-20-10-8-18)21-15-16-12-5-3-4-6-13(12)17(15)2/h3-6,11H,7-10H2,1-2H3/t11-/m0/s1. The molecule has 2 heterocycles. The van der Waals surface area contributed by atoms with Crippen molar-refractivity contribution in [2.24, 2.45) is 7.05 Å². The third kappa shape index (κ3) is 2.91. The van der Waals surface area contributed by atoms with Crippen LogP contribution in [0.5, 0.6) is 0 Å². The highest BCUT2D eigenvalue weighted by Crippen LogP contribution is 2.27. The van der Waals surface area contributed by atoms with Gasteiger partial charge in [0, 0.05) is 20.1 Å². The number of aryl methyl sites for hydroxylation is 1. The van der Waals surface area contributed by atoms with Crippen LogP contribution >= 0.6 is 11.8 Å². The summed E-state index contributed by atoms with van der Waals surface area (Å²) in [6.45, 7) is 4.59. The fraction of sp³-hybridized carbons (Fsp3) is 0.467. The Bertz CT molecular complexity index is 649. The molecule has 1 aromatic carbocycles. The number of thioether (sulfide) groups is 1. The van der Waals surface area contributed by atoms with Gasteiger partial charge in [-0.1, -0.05) is 23.9 Å². The fourth-order valence-corrected chi connectivity index (χ4v) is 3.45. The van der Waals surface area contributed by atoms with Crippen molar-refractivity contribution < 1.29 is 9.53 Å². The molecule has 1 aromatic heterocycles. The molecule has 6 heteroatoms. The van der Waals surface area contributed by atoms with E-state index in [1.807, 2.05) is 47.7 Å². The van der Waals surface area contributed by atoms with E-state index >= 15 is 0 Å². The van der Waals surface area contributed by atoms with Crippen LogP contribution in [-0.4, -0.2) is 51.9 Å². The summed E-state index contributed by atoms with van der Waals surface area (Å²) in [6, 6.07) is 8.02. The van der Waals surface area contributed by atoms with Crippen LogP contribution in [0.1, 0.15) is 6.92 Å². The quantitative estimate of drug-likeness (QED) is 0.813. The summed E-state index contributed by atoms with van der Waals surface area (Å²) in [5.41, 5.74) is 2.06. The van der Waals surface area contributed by atoms with Crippen molar-refractivity contribution in [1.82, 2.24) is 14.5 Å². The molecular formula is C15H19N3O2S. The molecule has 0 N–H and O–H groups in total. The summed E-state index contributed by atoms with van der Waals surface area (Å²) < 4.78 is 7.33. The van der Waals surface area contributed by atoms with E-state index < -0.39 is 0 Å². The maximum absolute atomic E-state index is 12.4. The van der Waals surface area contributed by atoms with Gasteiger partial charge >= 0.3 is 0 Å². The molecule has 1 atom stereocenters. The average molecular weight is 305 g/mol. The van der Waals surface area contributed by atoms with E-state index in [1.165, 1.54) is 11.8 Å². The molecule has 1 fully saturated rings. The lowest BCUT2D eigenvalue weighted by Crippen LogP contribution is -2.44. The normalized spacial score (nSPS) is 17.1. The Morgan fingerprint density at radius 3 is 2.76 bits per heavy atom. The third-order valence-electron chi connectivity index (χ3n) is 3.70. The Hall–Kier alpha value is -1.53. The van der Waals surface area contributed by atoms with Crippen molar-refractivity contribution in [3.05, 3.63) is 24.3 Å². The number of imidazole rings is 1. The Morgan fingerprint density at radius 1 is 1.33 bits per heavy atom. The second kappa shape index (κ2) is 6.07. The number of ether oxygens (including phenoxy) is 1. The second-order valence-corrected chi connectivity index (χ2v) is 6.45. The van der Waals surface area contributed by atoms with Crippen LogP contribution in [0.4, 0.5) is 0 Å². The Labute approximate surface area is 128 Å². The minimum absolute atomic E-state index is 0.140. The van der Waals surface area contributed by atoms with Crippen molar-refractivity contribution in [3.8, 4) is 0 Å². The number of hydrogen-bond donors (Lipinski definition) is 0. The SMILES string of the molecule is C[C@H](Sc1nc2ccccc2n1C)C(=O)N1CCOCC1. The highest BCUT2D eigenvalue weighted by atomic mass is 32.2. The summed E-state index contributed by atoms with van der Waals surface area (Å²) in [4.78, 5) is 18.9. The van der Waals surface area contributed by atoms with E-state index in [0.29, 0.717) is 26.3 Å². The lowest BCUT2D eigenvalue weighted by atomic mass is 10.3. The van der Waals surface area contributed by atoms with Crippen LogP contribution in [-0.2, 0) is 16.6 Å². The van der Waals surface area contributed by atoms with Gasteiger partial charge in [0.05, 0.1) is 29.5 Å². The molecule has 0 unspecified atom stereocenters. The van der Waals surface area contributed by atoms with Crippen molar-refractivity contribution in [3.63, 3.8) is 0 Å². The summed E-state index contributed by atoms with van der Waals surface area (Å²) in [7, 11) is 1.99. The molecule has 1 aliphatic heterocycles. The molecule has 0 bridgehead atoms. The van der Waals surface area contributed by atoms with Crippen LogP contribution in [0.2, 0.25) is 0 Å². The van der Waals surface area contributed by atoms with Crippen LogP contribution in [0.15, 0.2) is 29.4 Å². The smallest absolute Gasteiger partial charge is 0.236 e. The minimum atomic E-state index is -0.140. The number of rotatable bonds is 3. The summed E-state index contributed by atoms with van der Waals surface area (Å²) in [5, 5.41) is 0.740. The molecule has 2 aromatic rings. The number of morpholine rings is 1. The Balaban J connectivity index is 1.75. The lowest BCUT2D eigenvalue weighted by molar-refractivity contribution is -0.134. The van der Waals surface area contributed by atoms with Crippen LogP contribution in [0.25, 0.3) is 11.0 Å². The maximum Gasteiger partial charge on any atom is 0.236 e. The highest BCUT2D eigenvalue weighted by Gasteiger charge is 2.24. The van der Waals surface area contributed by atoms with Gasteiger partial charge in [0.1, 0.15) is 0 Å². The third-order valence-corrected chi connectivity index (χ3v) is 4.83. The molecule has 0 aliphatic carbocycles. The van der Waals surface area contributed by atoms with Gasteiger partial charge in [0.2, 0.25) is 5.91 Å². The summed E-state index contributed by atoms with van der Waals surface area (Å²) >= 11 is 1.52. The van der Waals surface area contributed by atoms with Gasteiger partial charge in [-0.25, -0.2) is 4.98 Å². The molecule has 5 nitrogen and oxygen atoms in total. The number of fused-ring (bicyclic) bond motifs is 1. The van der Waals surface area contributed by atoms with Gasteiger partial charge in [-0.15, -0.1) is 0 Å². The number of carbonyl (C=O) groups excluding carboxylic acids is 1. The summed E-state index contributed by atoms with van der Waals surface area (Å²) in [6.07, 6.45) is 0. The zero-order valence-electron chi connectivity index (χ0n) is 12.3. The van der Waals surface area contributed by atoms with Crippen molar-refractivity contribution in [2.45, 2.75) is 17.3 Å². The van der Waals surface area contributed by atoms with Gasteiger partial charge in [-0.05, 0) is 19.1 Å². The molecule has 1 saturated heterocycles. The lowest BCUT2D eigenvalue weighted by Gasteiger charge is -2.28. The molecule has 0 saturated carbocycles. The number of nitrogens with zero attached hydrogens (tertiary/aromatic N) is 3. The first-order valence-electron chi connectivity index (χ1n) is 7.11. The highest BCUT2D eigenvalue weighted by molar-refractivity contribution is 8.00. The van der Waals surface area contributed by atoms with Crippen LogP contribution in [0.3, 0.4) is 0 Å². The molecular weight excluding hydrogens is 286 g/mol. The fourth-order valence-electron chi connectivity index (χ4n) is 2.48. The van der Waals surface area contributed by atoms with Crippen LogP contribution < -0.4 is 0 Å². The number of aromatic nitrogens is 2.